The SMILES string of the molecule is O=C(O)[C@@H]1CC[C@H](c2ccccc2Cl)N1C(=O)c1ccc(-c2cc(Cl)ccc2Cl)cc1. The Morgan fingerprint density at radius 3 is 2.26 bits per heavy atom. The van der Waals surface area contributed by atoms with Crippen LogP contribution in [0.25, 0.3) is 11.1 Å². The van der Waals surface area contributed by atoms with Gasteiger partial charge in [-0.15, -0.1) is 0 Å². The average Bonchev–Trinajstić information content (AvgIpc) is 3.20. The van der Waals surface area contributed by atoms with Gasteiger partial charge in [0.2, 0.25) is 0 Å². The molecule has 1 N–H and O–H groups in total. The molecule has 0 unspecified atom stereocenters. The van der Waals surface area contributed by atoms with Gasteiger partial charge < -0.3 is 10.0 Å². The number of rotatable bonds is 4. The predicted octanol–water partition coefficient (Wildman–Crippen LogP) is 6.74. The van der Waals surface area contributed by atoms with E-state index in [2.05, 4.69) is 0 Å². The van der Waals surface area contributed by atoms with Gasteiger partial charge in [-0.1, -0.05) is 65.1 Å². The molecule has 0 saturated carbocycles. The summed E-state index contributed by atoms with van der Waals surface area (Å²) >= 11 is 18.7. The molecule has 0 aliphatic carbocycles. The Morgan fingerprint density at radius 1 is 0.871 bits per heavy atom. The number of halogens is 3. The molecule has 1 fully saturated rings. The Hall–Kier alpha value is -2.53. The third-order valence-electron chi connectivity index (χ3n) is 5.54. The Kier molecular flexibility index (Phi) is 6.24. The van der Waals surface area contributed by atoms with Crippen LogP contribution >= 0.6 is 34.8 Å². The lowest BCUT2D eigenvalue weighted by atomic mass is 10.0. The monoisotopic (exact) mass is 473 g/mol. The van der Waals surface area contributed by atoms with Crippen LogP contribution in [0.2, 0.25) is 15.1 Å². The van der Waals surface area contributed by atoms with E-state index >= 15 is 0 Å². The molecule has 1 saturated heterocycles. The first-order valence-electron chi connectivity index (χ1n) is 9.72. The molecule has 31 heavy (non-hydrogen) atoms. The smallest absolute Gasteiger partial charge is 0.326 e. The highest BCUT2D eigenvalue weighted by atomic mass is 35.5. The Labute approximate surface area is 195 Å². The molecule has 2 atom stereocenters. The second kappa shape index (κ2) is 8.91. The van der Waals surface area contributed by atoms with Crippen LogP contribution in [0.4, 0.5) is 0 Å². The van der Waals surface area contributed by atoms with Gasteiger partial charge in [-0.2, -0.15) is 0 Å². The van der Waals surface area contributed by atoms with Crippen LogP contribution in [-0.4, -0.2) is 27.9 Å². The summed E-state index contributed by atoms with van der Waals surface area (Å²) in [6.45, 7) is 0. The van der Waals surface area contributed by atoms with Gasteiger partial charge in [0.15, 0.2) is 0 Å². The molecule has 3 aromatic rings. The summed E-state index contributed by atoms with van der Waals surface area (Å²) in [5.41, 5.74) is 2.71. The summed E-state index contributed by atoms with van der Waals surface area (Å²) in [6, 6.07) is 18.0. The number of carbonyl (C=O) groups is 2. The zero-order valence-corrected chi connectivity index (χ0v) is 18.5. The number of hydrogen-bond acceptors (Lipinski definition) is 2. The lowest BCUT2D eigenvalue weighted by Gasteiger charge is -2.29. The van der Waals surface area contributed by atoms with Crippen LogP contribution in [0.15, 0.2) is 66.7 Å². The molecular formula is C24H18Cl3NO3. The van der Waals surface area contributed by atoms with Gasteiger partial charge in [-0.3, -0.25) is 4.79 Å². The fourth-order valence-corrected chi connectivity index (χ4v) is 4.71. The molecule has 4 nitrogen and oxygen atoms in total. The first kappa shape index (κ1) is 21.7. The molecule has 0 bridgehead atoms. The fraction of sp³-hybridized carbons (Fsp3) is 0.167. The van der Waals surface area contributed by atoms with E-state index in [9.17, 15) is 14.7 Å². The van der Waals surface area contributed by atoms with Crippen LogP contribution in [0.3, 0.4) is 0 Å². The quantitative estimate of drug-likeness (QED) is 0.455. The van der Waals surface area contributed by atoms with Gasteiger partial charge >= 0.3 is 5.97 Å². The van der Waals surface area contributed by atoms with E-state index in [4.69, 9.17) is 34.8 Å². The highest BCUT2D eigenvalue weighted by Gasteiger charge is 2.42. The van der Waals surface area contributed by atoms with Crippen molar-refractivity contribution in [2.75, 3.05) is 0 Å². The Bertz CT molecular complexity index is 1150. The van der Waals surface area contributed by atoms with Crippen molar-refractivity contribution in [3.8, 4) is 11.1 Å². The van der Waals surface area contributed by atoms with Gasteiger partial charge in [0.25, 0.3) is 5.91 Å². The maximum Gasteiger partial charge on any atom is 0.326 e. The molecule has 0 spiro atoms. The minimum Gasteiger partial charge on any atom is -0.480 e. The van der Waals surface area contributed by atoms with E-state index in [1.165, 1.54) is 4.90 Å². The van der Waals surface area contributed by atoms with E-state index in [0.29, 0.717) is 33.5 Å². The van der Waals surface area contributed by atoms with Crippen LogP contribution in [0, 0.1) is 0 Å². The second-order valence-electron chi connectivity index (χ2n) is 7.38. The summed E-state index contributed by atoms with van der Waals surface area (Å²) in [6.07, 6.45) is 0.899. The molecule has 1 aliphatic rings. The molecule has 1 heterocycles. The number of hydrogen-bond donors (Lipinski definition) is 1. The van der Waals surface area contributed by atoms with Crippen molar-refractivity contribution >= 4 is 46.7 Å². The van der Waals surface area contributed by atoms with Crippen molar-refractivity contribution < 1.29 is 14.7 Å². The third kappa shape index (κ3) is 4.29. The van der Waals surface area contributed by atoms with Crippen molar-refractivity contribution in [3.05, 3.63) is 92.9 Å². The van der Waals surface area contributed by atoms with E-state index in [-0.39, 0.29) is 5.91 Å². The van der Waals surface area contributed by atoms with Gasteiger partial charge in [-0.25, -0.2) is 4.79 Å². The van der Waals surface area contributed by atoms with Crippen LogP contribution < -0.4 is 0 Å². The molecule has 1 aliphatic heterocycles. The Balaban J connectivity index is 1.68. The molecule has 1 amide bonds. The summed E-state index contributed by atoms with van der Waals surface area (Å²) in [5.74, 6) is -1.37. The number of carboxylic acid groups (broad SMARTS) is 1. The van der Waals surface area contributed by atoms with E-state index < -0.39 is 18.1 Å². The second-order valence-corrected chi connectivity index (χ2v) is 8.63. The highest BCUT2D eigenvalue weighted by Crippen LogP contribution is 2.40. The number of nitrogens with zero attached hydrogens (tertiary/aromatic N) is 1. The van der Waals surface area contributed by atoms with Crippen molar-refractivity contribution in [1.82, 2.24) is 4.90 Å². The van der Waals surface area contributed by atoms with Crippen molar-refractivity contribution in [1.29, 1.82) is 0 Å². The molecule has 4 rings (SSSR count). The van der Waals surface area contributed by atoms with E-state index in [0.717, 1.165) is 16.7 Å². The molecule has 0 aromatic heterocycles. The number of likely N-dealkylation sites (tertiary alicyclic amines) is 1. The standard InChI is InChI=1S/C24H18Cl3NO3/c25-16-9-10-20(27)18(13-16)14-5-7-15(8-6-14)23(29)28-21(11-12-22(28)24(30)31)17-3-1-2-4-19(17)26/h1-10,13,21-22H,11-12H2,(H,30,31)/t21-,22+/m1/s1. The van der Waals surface area contributed by atoms with Crippen LogP contribution in [-0.2, 0) is 4.79 Å². The fourth-order valence-electron chi connectivity index (χ4n) is 4.05. The number of carbonyl (C=O) groups excluding carboxylic acids is 1. The molecule has 158 valence electrons. The zero-order chi connectivity index (χ0) is 22.1. The molecule has 3 aromatic carbocycles. The molecule has 0 radical (unpaired) electrons. The summed E-state index contributed by atoms with van der Waals surface area (Å²) in [4.78, 5) is 26.7. The number of amides is 1. The number of carboxylic acids is 1. The topological polar surface area (TPSA) is 57.6 Å². The lowest BCUT2D eigenvalue weighted by Crippen LogP contribution is -2.41. The van der Waals surface area contributed by atoms with Crippen LogP contribution in [0.1, 0.15) is 34.8 Å². The highest BCUT2D eigenvalue weighted by molar-refractivity contribution is 6.35. The third-order valence-corrected chi connectivity index (χ3v) is 6.45. The molecular weight excluding hydrogens is 457 g/mol. The van der Waals surface area contributed by atoms with Crippen molar-refractivity contribution in [3.63, 3.8) is 0 Å². The van der Waals surface area contributed by atoms with Gasteiger partial charge in [-0.05, 0) is 60.4 Å². The summed E-state index contributed by atoms with van der Waals surface area (Å²) in [5, 5.41) is 11.3. The lowest BCUT2D eigenvalue weighted by molar-refractivity contribution is -0.141. The minimum absolute atomic E-state index is 0.349. The Morgan fingerprint density at radius 2 is 1.58 bits per heavy atom. The maximum atomic E-state index is 13.4. The first-order valence-corrected chi connectivity index (χ1v) is 10.9. The number of aliphatic carboxylic acids is 1. The van der Waals surface area contributed by atoms with Crippen molar-refractivity contribution in [2.45, 2.75) is 24.9 Å². The molecule has 7 heteroatoms. The van der Waals surface area contributed by atoms with Gasteiger partial charge in [0, 0.05) is 26.2 Å². The normalized spacial score (nSPS) is 18.2. The van der Waals surface area contributed by atoms with Crippen molar-refractivity contribution in [2.24, 2.45) is 0 Å². The summed E-state index contributed by atoms with van der Waals surface area (Å²) in [7, 11) is 0. The first-order chi connectivity index (χ1) is 14.9. The zero-order valence-electron chi connectivity index (χ0n) is 16.3. The van der Waals surface area contributed by atoms with E-state index in [1.54, 1.807) is 54.6 Å². The van der Waals surface area contributed by atoms with Crippen LogP contribution in [0.5, 0.6) is 0 Å². The van der Waals surface area contributed by atoms with Gasteiger partial charge in [0.1, 0.15) is 6.04 Å². The van der Waals surface area contributed by atoms with Gasteiger partial charge in [0.05, 0.1) is 6.04 Å². The largest absolute Gasteiger partial charge is 0.480 e. The maximum absolute atomic E-state index is 13.4. The van der Waals surface area contributed by atoms with E-state index in [1.807, 2.05) is 12.1 Å². The average molecular weight is 475 g/mol. The number of benzene rings is 3. The predicted molar refractivity (Wildman–Crippen MR) is 123 cm³/mol. The summed E-state index contributed by atoms with van der Waals surface area (Å²) < 4.78 is 0. The minimum atomic E-state index is -1.02.